The van der Waals surface area contributed by atoms with E-state index in [-0.39, 0.29) is 39.9 Å². The van der Waals surface area contributed by atoms with Crippen LogP contribution in [0.3, 0.4) is 0 Å². The molecular formula is C34H51BrN2O6. The van der Waals surface area contributed by atoms with Gasteiger partial charge in [0.05, 0.1) is 21.3 Å². The Morgan fingerprint density at radius 2 is 1.63 bits per heavy atom. The standard InChI is InChI=1S/C30H39BrN2O6.2C2H6/c1-16-12-21-20(29(5,6)15-17(2)30(21,7)8)13-23(16)38-28-22(31)14-24(39-28)26(34)33-25(18(3)35-9)27(37-11)32-19(4)36-10;2*1-2/h12-14,17H,3,15H2,1-2,4-11H3,(H,33,34);2*1-2H3/b27-25-,32-19+;;. The third-order valence-corrected chi connectivity index (χ3v) is 8.15. The van der Waals surface area contributed by atoms with Crippen LogP contribution < -0.4 is 10.1 Å². The van der Waals surface area contributed by atoms with Gasteiger partial charge in [-0.25, -0.2) is 0 Å². The molecule has 1 amide bonds. The molecule has 3 rings (SSSR count). The van der Waals surface area contributed by atoms with Crippen molar-refractivity contribution in [2.24, 2.45) is 10.9 Å². The summed E-state index contributed by atoms with van der Waals surface area (Å²) in [6.07, 6.45) is 1.07. The van der Waals surface area contributed by atoms with Gasteiger partial charge in [0.1, 0.15) is 21.7 Å². The Bertz CT molecular complexity index is 1340. The number of rotatable bonds is 8. The van der Waals surface area contributed by atoms with Gasteiger partial charge in [0.25, 0.3) is 5.91 Å². The van der Waals surface area contributed by atoms with Crippen LogP contribution in [0.5, 0.6) is 11.7 Å². The van der Waals surface area contributed by atoms with Gasteiger partial charge in [-0.2, -0.15) is 4.99 Å². The van der Waals surface area contributed by atoms with Gasteiger partial charge in [-0.3, -0.25) is 4.79 Å². The van der Waals surface area contributed by atoms with Crippen LogP contribution in [0.15, 0.2) is 56.0 Å². The highest BCUT2D eigenvalue weighted by atomic mass is 79.9. The van der Waals surface area contributed by atoms with E-state index in [0.29, 0.717) is 22.0 Å². The van der Waals surface area contributed by atoms with Gasteiger partial charge in [-0.1, -0.05) is 75.0 Å². The van der Waals surface area contributed by atoms with Crippen LogP contribution in [-0.4, -0.2) is 33.1 Å². The lowest BCUT2D eigenvalue weighted by molar-refractivity contribution is 0.0926. The Balaban J connectivity index is 0.00000221. The van der Waals surface area contributed by atoms with E-state index in [1.54, 1.807) is 6.92 Å². The molecule has 0 bridgehead atoms. The lowest BCUT2D eigenvalue weighted by Crippen LogP contribution is -2.40. The van der Waals surface area contributed by atoms with E-state index in [9.17, 15) is 4.79 Å². The summed E-state index contributed by atoms with van der Waals surface area (Å²) in [5.41, 5.74) is 3.76. The van der Waals surface area contributed by atoms with Crippen molar-refractivity contribution in [2.75, 3.05) is 21.3 Å². The third-order valence-electron chi connectivity index (χ3n) is 7.59. The highest BCUT2D eigenvalue weighted by molar-refractivity contribution is 9.10. The Labute approximate surface area is 267 Å². The minimum Gasteiger partial charge on any atom is -0.495 e. The third kappa shape index (κ3) is 8.68. The molecule has 0 spiro atoms. The monoisotopic (exact) mass is 662 g/mol. The van der Waals surface area contributed by atoms with E-state index >= 15 is 0 Å². The summed E-state index contributed by atoms with van der Waals surface area (Å²) < 4.78 is 28.2. The maximum absolute atomic E-state index is 13.2. The molecule has 1 aromatic heterocycles. The molecule has 1 unspecified atom stereocenters. The molecule has 1 aliphatic rings. The number of methoxy groups -OCH3 is 3. The number of furan rings is 1. The fourth-order valence-corrected chi connectivity index (χ4v) is 5.20. The highest BCUT2D eigenvalue weighted by Gasteiger charge is 2.42. The number of hydrogen-bond acceptors (Lipinski definition) is 7. The van der Waals surface area contributed by atoms with Crippen LogP contribution in [0, 0.1) is 12.8 Å². The van der Waals surface area contributed by atoms with Crippen molar-refractivity contribution < 1.29 is 28.2 Å². The molecule has 0 saturated heterocycles. The Hall–Kier alpha value is -3.20. The number of amides is 1. The van der Waals surface area contributed by atoms with Gasteiger partial charge in [-0.15, -0.1) is 0 Å². The van der Waals surface area contributed by atoms with Crippen molar-refractivity contribution >= 4 is 27.7 Å². The van der Waals surface area contributed by atoms with Crippen molar-refractivity contribution in [1.29, 1.82) is 0 Å². The molecule has 1 heterocycles. The van der Waals surface area contributed by atoms with Crippen LogP contribution in [0.4, 0.5) is 0 Å². The molecule has 9 heteroatoms. The normalized spacial score (nSPS) is 17.0. The molecule has 1 aromatic carbocycles. The number of nitrogens with zero attached hydrogens (tertiary/aromatic N) is 1. The van der Waals surface area contributed by atoms with Gasteiger partial charge < -0.3 is 28.7 Å². The number of benzene rings is 1. The minimum absolute atomic E-state index is 0.00326. The Kier molecular flexibility index (Phi) is 14.1. The SMILES string of the molecule is C=C(OC)/C(NC(=O)c1cc(Br)c(Oc2cc3c(cc2C)C(C)(C)C(C)CC3(C)C)o1)=C(\N=C(/C)OC)OC.CC.CC. The first kappa shape index (κ1) is 37.8. The summed E-state index contributed by atoms with van der Waals surface area (Å²) in [6, 6.07) is 5.86. The van der Waals surface area contributed by atoms with Crippen LogP contribution >= 0.6 is 15.9 Å². The maximum Gasteiger partial charge on any atom is 0.305 e. The second-order valence-electron chi connectivity index (χ2n) is 11.0. The summed E-state index contributed by atoms with van der Waals surface area (Å²) in [7, 11) is 4.31. The first-order chi connectivity index (χ1) is 20.2. The summed E-state index contributed by atoms with van der Waals surface area (Å²) in [5, 5.41) is 2.70. The van der Waals surface area contributed by atoms with E-state index in [1.165, 1.54) is 38.5 Å². The second kappa shape index (κ2) is 16.0. The van der Waals surface area contributed by atoms with Crippen molar-refractivity contribution in [3.05, 3.63) is 69.0 Å². The highest BCUT2D eigenvalue weighted by Crippen LogP contribution is 2.51. The number of carbonyl (C=O) groups is 1. The number of aliphatic imine (C=N–C) groups is 1. The molecule has 1 aliphatic carbocycles. The minimum atomic E-state index is -0.572. The average molecular weight is 664 g/mol. The zero-order valence-corrected chi connectivity index (χ0v) is 30.1. The number of aryl methyl sites for hydroxylation is 1. The van der Waals surface area contributed by atoms with E-state index in [1.807, 2.05) is 34.6 Å². The molecule has 0 aliphatic heterocycles. The first-order valence-corrected chi connectivity index (χ1v) is 15.5. The number of ether oxygens (including phenoxy) is 4. The van der Waals surface area contributed by atoms with Gasteiger partial charge in [0.2, 0.25) is 5.88 Å². The molecule has 43 heavy (non-hydrogen) atoms. The van der Waals surface area contributed by atoms with E-state index in [2.05, 4.69) is 79.6 Å². The molecule has 0 radical (unpaired) electrons. The number of nitrogens with one attached hydrogen (secondary N) is 1. The topological polar surface area (TPSA) is 91.5 Å². The maximum atomic E-state index is 13.2. The second-order valence-corrected chi connectivity index (χ2v) is 11.9. The smallest absolute Gasteiger partial charge is 0.305 e. The zero-order valence-electron chi connectivity index (χ0n) is 28.5. The van der Waals surface area contributed by atoms with Gasteiger partial charge in [0, 0.05) is 13.0 Å². The summed E-state index contributed by atoms with van der Waals surface area (Å²) in [4.78, 5) is 17.4. The summed E-state index contributed by atoms with van der Waals surface area (Å²) in [5.74, 6) is 1.34. The van der Waals surface area contributed by atoms with E-state index in [4.69, 9.17) is 23.4 Å². The predicted octanol–water partition coefficient (Wildman–Crippen LogP) is 9.56. The Morgan fingerprint density at radius 3 is 2.16 bits per heavy atom. The number of hydrogen-bond donors (Lipinski definition) is 1. The van der Waals surface area contributed by atoms with Crippen LogP contribution in [0.1, 0.15) is 103 Å². The van der Waals surface area contributed by atoms with Crippen molar-refractivity contribution in [1.82, 2.24) is 5.32 Å². The van der Waals surface area contributed by atoms with Crippen molar-refractivity contribution in [2.45, 2.75) is 93.4 Å². The molecule has 0 saturated carbocycles. The van der Waals surface area contributed by atoms with Gasteiger partial charge >= 0.3 is 5.95 Å². The fourth-order valence-electron chi connectivity index (χ4n) is 4.83. The zero-order chi connectivity index (χ0) is 33.3. The fraction of sp³-hybridized carbons (Fsp3) is 0.529. The molecule has 240 valence electrons. The molecule has 2 aromatic rings. The molecule has 1 N–H and O–H groups in total. The number of carbonyl (C=O) groups excluding carboxylic acids is 1. The quantitative estimate of drug-likeness (QED) is 0.131. The lowest BCUT2D eigenvalue weighted by Gasteiger charge is -2.46. The van der Waals surface area contributed by atoms with Gasteiger partial charge in [0.15, 0.2) is 11.7 Å². The van der Waals surface area contributed by atoms with Gasteiger partial charge in [-0.05, 0) is 68.8 Å². The lowest BCUT2D eigenvalue weighted by atomic mass is 9.58. The van der Waals surface area contributed by atoms with Crippen LogP contribution in [-0.2, 0) is 25.0 Å². The largest absolute Gasteiger partial charge is 0.495 e. The Morgan fingerprint density at radius 1 is 1.02 bits per heavy atom. The van der Waals surface area contributed by atoms with E-state index < -0.39 is 5.91 Å². The molecule has 8 nitrogen and oxygen atoms in total. The molecular weight excluding hydrogens is 612 g/mol. The molecule has 0 fully saturated rings. The van der Waals surface area contributed by atoms with E-state index in [0.717, 1.165) is 12.0 Å². The average Bonchev–Trinajstić information content (AvgIpc) is 3.35. The predicted molar refractivity (Wildman–Crippen MR) is 178 cm³/mol. The number of halogens is 1. The number of fused-ring (bicyclic) bond motifs is 1. The summed E-state index contributed by atoms with van der Waals surface area (Å²) >= 11 is 3.47. The van der Waals surface area contributed by atoms with Crippen LogP contribution in [0.2, 0.25) is 0 Å². The summed E-state index contributed by atoms with van der Waals surface area (Å²) in [6.45, 7) is 27.0. The van der Waals surface area contributed by atoms with Crippen molar-refractivity contribution in [3.8, 4) is 11.7 Å². The first-order valence-electron chi connectivity index (χ1n) is 14.7. The van der Waals surface area contributed by atoms with Crippen LogP contribution in [0.25, 0.3) is 0 Å². The van der Waals surface area contributed by atoms with Crippen molar-refractivity contribution in [3.63, 3.8) is 0 Å². The molecule has 1 atom stereocenters.